The molecule has 0 saturated heterocycles. The number of hydrogen-bond acceptors (Lipinski definition) is 3. The molecule has 0 spiro atoms. The van der Waals surface area contributed by atoms with Crippen molar-refractivity contribution in [2.24, 2.45) is 0 Å². The molecule has 3 rings (SSSR count). The van der Waals surface area contributed by atoms with Crippen molar-refractivity contribution >= 4 is 15.7 Å². The molecule has 6 heteroatoms. The molecule has 3 aromatic carbocycles. The molecule has 0 heterocycles. The number of ether oxygens (including phenoxy) is 1. The summed E-state index contributed by atoms with van der Waals surface area (Å²) in [6, 6.07) is 20.8. The van der Waals surface area contributed by atoms with Gasteiger partial charge in [0.15, 0.2) is 0 Å². The van der Waals surface area contributed by atoms with Gasteiger partial charge in [-0.05, 0) is 42.0 Å². The van der Waals surface area contributed by atoms with Crippen LogP contribution in [-0.4, -0.2) is 15.5 Å². The van der Waals surface area contributed by atoms with Gasteiger partial charge in [0, 0.05) is 0 Å². The van der Waals surface area contributed by atoms with Gasteiger partial charge in [-0.25, -0.2) is 12.8 Å². The molecular formula is C20H18FNO3S. The number of halogens is 1. The van der Waals surface area contributed by atoms with Crippen LogP contribution < -0.4 is 9.04 Å². The predicted molar refractivity (Wildman–Crippen MR) is 99.2 cm³/mol. The molecule has 134 valence electrons. The summed E-state index contributed by atoms with van der Waals surface area (Å²) in [5, 5.41) is 0. The number of nitrogens with zero attached hydrogens (tertiary/aromatic N) is 1. The second-order valence-corrected chi connectivity index (χ2v) is 7.49. The van der Waals surface area contributed by atoms with Crippen LogP contribution in [0.4, 0.5) is 10.1 Å². The lowest BCUT2D eigenvalue weighted by molar-refractivity contribution is 0.415. The van der Waals surface area contributed by atoms with E-state index in [1.165, 1.54) is 23.5 Å². The Bertz CT molecular complexity index is 973. The van der Waals surface area contributed by atoms with E-state index in [-0.39, 0.29) is 17.3 Å². The van der Waals surface area contributed by atoms with E-state index in [4.69, 9.17) is 4.74 Å². The molecular weight excluding hydrogens is 353 g/mol. The van der Waals surface area contributed by atoms with E-state index in [1.54, 1.807) is 66.7 Å². The summed E-state index contributed by atoms with van der Waals surface area (Å²) in [4.78, 5) is 0.174. The van der Waals surface area contributed by atoms with Gasteiger partial charge in [0.1, 0.15) is 11.6 Å². The lowest BCUT2D eigenvalue weighted by Gasteiger charge is -2.26. The van der Waals surface area contributed by atoms with Crippen molar-refractivity contribution in [2.75, 3.05) is 11.4 Å². The number of benzene rings is 3. The van der Waals surface area contributed by atoms with E-state index in [1.807, 2.05) is 0 Å². The highest BCUT2D eigenvalue weighted by molar-refractivity contribution is 7.92. The van der Waals surface area contributed by atoms with Gasteiger partial charge >= 0.3 is 0 Å². The van der Waals surface area contributed by atoms with E-state index in [0.717, 1.165) is 0 Å². The quantitative estimate of drug-likeness (QED) is 0.651. The van der Waals surface area contributed by atoms with Crippen molar-refractivity contribution in [3.63, 3.8) is 0 Å². The molecule has 0 unspecified atom stereocenters. The topological polar surface area (TPSA) is 46.6 Å². The third-order valence-electron chi connectivity index (χ3n) is 3.92. The van der Waals surface area contributed by atoms with Crippen LogP contribution in [0.3, 0.4) is 0 Å². The summed E-state index contributed by atoms with van der Waals surface area (Å²) in [5.41, 5.74) is 1.08. The molecule has 0 aromatic heterocycles. The van der Waals surface area contributed by atoms with Crippen LogP contribution in [0.5, 0.6) is 5.75 Å². The molecule has 0 saturated carbocycles. The summed E-state index contributed by atoms with van der Waals surface area (Å²) >= 11 is 0. The van der Waals surface area contributed by atoms with Gasteiger partial charge in [-0.2, -0.15) is 0 Å². The number of anilines is 1. The molecule has 26 heavy (non-hydrogen) atoms. The van der Waals surface area contributed by atoms with E-state index in [2.05, 4.69) is 0 Å². The maximum Gasteiger partial charge on any atom is 0.264 e. The van der Waals surface area contributed by atoms with Gasteiger partial charge in [0.05, 0.1) is 24.2 Å². The second kappa shape index (κ2) is 7.58. The molecule has 0 aliphatic heterocycles. The molecule has 0 radical (unpaired) electrons. The Hall–Kier alpha value is -2.86. The SMILES string of the molecule is COc1ccccc1N(Cc1ccc(F)cc1)S(=O)(=O)c1ccccc1. The summed E-state index contributed by atoms with van der Waals surface area (Å²) in [6.07, 6.45) is 0. The minimum atomic E-state index is -3.84. The Kier molecular flexibility index (Phi) is 5.23. The predicted octanol–water partition coefficient (Wildman–Crippen LogP) is 4.23. The minimum Gasteiger partial charge on any atom is -0.495 e. The van der Waals surface area contributed by atoms with Crippen molar-refractivity contribution in [1.82, 2.24) is 0 Å². The summed E-state index contributed by atoms with van der Waals surface area (Å²) in [5.74, 6) is 0.0672. The van der Waals surface area contributed by atoms with Gasteiger partial charge < -0.3 is 4.74 Å². The van der Waals surface area contributed by atoms with E-state index < -0.39 is 10.0 Å². The number of para-hydroxylation sites is 2. The Balaban J connectivity index is 2.11. The number of hydrogen-bond donors (Lipinski definition) is 0. The molecule has 0 atom stereocenters. The van der Waals surface area contributed by atoms with Crippen LogP contribution in [0.2, 0.25) is 0 Å². The smallest absolute Gasteiger partial charge is 0.264 e. The van der Waals surface area contributed by atoms with E-state index in [0.29, 0.717) is 17.0 Å². The third kappa shape index (κ3) is 3.70. The van der Waals surface area contributed by atoms with Gasteiger partial charge in [-0.15, -0.1) is 0 Å². The number of methoxy groups -OCH3 is 1. The third-order valence-corrected chi connectivity index (χ3v) is 5.70. The zero-order chi connectivity index (χ0) is 18.6. The monoisotopic (exact) mass is 371 g/mol. The lowest BCUT2D eigenvalue weighted by Crippen LogP contribution is -2.31. The molecule has 0 bridgehead atoms. The van der Waals surface area contributed by atoms with Gasteiger partial charge in [-0.3, -0.25) is 4.31 Å². The molecule has 0 aliphatic carbocycles. The van der Waals surface area contributed by atoms with Crippen LogP contribution in [0, 0.1) is 5.82 Å². The number of sulfonamides is 1. The number of rotatable bonds is 6. The first-order valence-corrected chi connectivity index (χ1v) is 9.41. The first-order chi connectivity index (χ1) is 12.5. The largest absolute Gasteiger partial charge is 0.495 e. The minimum absolute atomic E-state index is 0.0535. The fourth-order valence-electron chi connectivity index (χ4n) is 2.61. The zero-order valence-corrected chi connectivity index (χ0v) is 15.0. The van der Waals surface area contributed by atoms with Crippen LogP contribution in [0.25, 0.3) is 0 Å². The molecule has 4 nitrogen and oxygen atoms in total. The van der Waals surface area contributed by atoms with Gasteiger partial charge in [0.2, 0.25) is 0 Å². The highest BCUT2D eigenvalue weighted by atomic mass is 32.2. The fraction of sp³-hybridized carbons (Fsp3) is 0.100. The van der Waals surface area contributed by atoms with Crippen LogP contribution in [-0.2, 0) is 16.6 Å². The Morgan fingerprint density at radius 1 is 0.885 bits per heavy atom. The standard InChI is InChI=1S/C20H18FNO3S/c1-25-20-10-6-5-9-19(20)22(15-16-11-13-17(21)14-12-16)26(23,24)18-7-3-2-4-8-18/h2-14H,15H2,1H3. The Labute approximate surface area is 152 Å². The zero-order valence-electron chi connectivity index (χ0n) is 14.2. The molecule has 0 amide bonds. The highest BCUT2D eigenvalue weighted by Gasteiger charge is 2.27. The van der Waals surface area contributed by atoms with Crippen molar-refractivity contribution in [2.45, 2.75) is 11.4 Å². The van der Waals surface area contributed by atoms with Crippen LogP contribution >= 0.6 is 0 Å². The van der Waals surface area contributed by atoms with Crippen molar-refractivity contribution in [1.29, 1.82) is 0 Å². The lowest BCUT2D eigenvalue weighted by atomic mass is 10.2. The van der Waals surface area contributed by atoms with Gasteiger partial charge in [0.25, 0.3) is 10.0 Å². The summed E-state index contributed by atoms with van der Waals surface area (Å²) in [7, 11) is -2.35. The van der Waals surface area contributed by atoms with Crippen molar-refractivity contribution < 1.29 is 17.5 Å². The maximum absolute atomic E-state index is 13.3. The molecule has 0 fully saturated rings. The fourth-order valence-corrected chi connectivity index (χ4v) is 4.10. The average molecular weight is 371 g/mol. The molecule has 3 aromatic rings. The second-order valence-electron chi connectivity index (χ2n) is 5.62. The van der Waals surface area contributed by atoms with Gasteiger partial charge in [-0.1, -0.05) is 42.5 Å². The van der Waals surface area contributed by atoms with Crippen molar-refractivity contribution in [3.8, 4) is 5.75 Å². The van der Waals surface area contributed by atoms with E-state index in [9.17, 15) is 12.8 Å². The van der Waals surface area contributed by atoms with Crippen LogP contribution in [0.15, 0.2) is 83.8 Å². The van der Waals surface area contributed by atoms with E-state index >= 15 is 0 Å². The summed E-state index contributed by atoms with van der Waals surface area (Å²) < 4.78 is 46.4. The summed E-state index contributed by atoms with van der Waals surface area (Å²) in [6.45, 7) is 0.0535. The highest BCUT2D eigenvalue weighted by Crippen LogP contribution is 2.33. The maximum atomic E-state index is 13.3. The normalized spacial score (nSPS) is 11.2. The van der Waals surface area contributed by atoms with Crippen LogP contribution in [0.1, 0.15) is 5.56 Å². The van der Waals surface area contributed by atoms with Crippen molar-refractivity contribution in [3.05, 3.63) is 90.2 Å². The Morgan fingerprint density at radius 3 is 2.15 bits per heavy atom. The molecule has 0 aliphatic rings. The first-order valence-electron chi connectivity index (χ1n) is 7.97. The Morgan fingerprint density at radius 2 is 1.50 bits per heavy atom. The molecule has 0 N–H and O–H groups in total. The average Bonchev–Trinajstić information content (AvgIpc) is 2.68. The first kappa shape index (κ1) is 17.9.